The molecule has 20 heavy (non-hydrogen) atoms. The van der Waals surface area contributed by atoms with E-state index in [2.05, 4.69) is 42.3 Å². The molecule has 2 rings (SSSR count). The molecule has 1 aromatic heterocycles. The van der Waals surface area contributed by atoms with Crippen LogP contribution in [0, 0.1) is 5.82 Å². The smallest absolute Gasteiger partial charge is 0.319 e. The average molecular weight is 413 g/mol. The lowest BCUT2D eigenvalue weighted by atomic mass is 10.3. The second-order valence-corrected chi connectivity index (χ2v) is 5.37. The molecule has 0 atom stereocenters. The van der Waals surface area contributed by atoms with Crippen molar-refractivity contribution < 1.29 is 18.0 Å². The molecule has 0 saturated heterocycles. The Kier molecular flexibility index (Phi) is 4.48. The zero-order valence-electron chi connectivity index (χ0n) is 9.58. The molecule has 0 aliphatic heterocycles. The summed E-state index contributed by atoms with van der Waals surface area (Å²) in [6, 6.07) is 3.49. The highest BCUT2D eigenvalue weighted by atomic mass is 79.9. The molecule has 106 valence electrons. The predicted molar refractivity (Wildman–Crippen MR) is 73.2 cm³/mol. The molecule has 0 aliphatic rings. The van der Waals surface area contributed by atoms with Crippen molar-refractivity contribution in [2.75, 3.05) is 5.32 Å². The van der Waals surface area contributed by atoms with Gasteiger partial charge in [0.2, 0.25) is 0 Å². The molecule has 4 nitrogen and oxygen atoms in total. The van der Waals surface area contributed by atoms with Gasteiger partial charge in [0.05, 0.1) is 5.69 Å². The van der Waals surface area contributed by atoms with Gasteiger partial charge in [-0.2, -0.15) is 13.9 Å². The maximum Gasteiger partial charge on any atom is 0.333 e. The van der Waals surface area contributed by atoms with Crippen molar-refractivity contribution in [1.82, 2.24) is 9.78 Å². The van der Waals surface area contributed by atoms with Gasteiger partial charge in [-0.25, -0.2) is 9.07 Å². The Balaban J connectivity index is 2.23. The zero-order valence-corrected chi connectivity index (χ0v) is 12.8. The Morgan fingerprint density at radius 2 is 1.90 bits per heavy atom. The first-order chi connectivity index (χ1) is 9.38. The van der Waals surface area contributed by atoms with Crippen LogP contribution in [0.1, 0.15) is 17.0 Å². The summed E-state index contributed by atoms with van der Waals surface area (Å²) in [6.45, 7) is -2.82. The first kappa shape index (κ1) is 15.0. The monoisotopic (exact) mass is 411 g/mol. The minimum absolute atomic E-state index is 0.173. The lowest BCUT2D eigenvalue weighted by molar-refractivity contribution is 0.0561. The fourth-order valence-electron chi connectivity index (χ4n) is 1.41. The molecular formula is C11H6Br2F3N3O. The fraction of sp³-hybridized carbons (Fsp3) is 0.0909. The molecule has 0 bridgehead atoms. The number of anilines is 1. The number of rotatable bonds is 3. The summed E-state index contributed by atoms with van der Waals surface area (Å²) in [5.41, 5.74) is 0.108. The highest BCUT2D eigenvalue weighted by molar-refractivity contribution is 9.11. The Bertz CT molecular complexity index is 637. The fourth-order valence-corrected chi connectivity index (χ4v) is 2.74. The summed E-state index contributed by atoms with van der Waals surface area (Å²) in [4.78, 5) is 11.9. The highest BCUT2D eigenvalue weighted by Crippen LogP contribution is 2.32. The van der Waals surface area contributed by atoms with Crippen LogP contribution in [0.2, 0.25) is 0 Å². The lowest BCUT2D eigenvalue weighted by Crippen LogP contribution is -2.14. The zero-order chi connectivity index (χ0) is 14.9. The van der Waals surface area contributed by atoms with E-state index in [-0.39, 0.29) is 11.4 Å². The Morgan fingerprint density at radius 1 is 1.30 bits per heavy atom. The molecular weight excluding hydrogens is 407 g/mol. The maximum absolute atomic E-state index is 13.1. The maximum atomic E-state index is 13.1. The molecule has 0 fully saturated rings. The van der Waals surface area contributed by atoms with E-state index in [1.54, 1.807) is 0 Å². The number of hydrogen-bond donors (Lipinski definition) is 1. The normalized spacial score (nSPS) is 10.9. The van der Waals surface area contributed by atoms with E-state index in [4.69, 9.17) is 0 Å². The van der Waals surface area contributed by atoms with Crippen LogP contribution in [-0.2, 0) is 0 Å². The van der Waals surface area contributed by atoms with Crippen LogP contribution in [0.15, 0.2) is 33.3 Å². The molecule has 0 saturated carbocycles. The Hall–Kier alpha value is -1.35. The number of halogens is 5. The van der Waals surface area contributed by atoms with E-state index in [1.807, 2.05) is 0 Å². The van der Waals surface area contributed by atoms with Gasteiger partial charge in [0.25, 0.3) is 5.91 Å². The van der Waals surface area contributed by atoms with Gasteiger partial charge in [0.15, 0.2) is 5.69 Å². The molecule has 1 amide bonds. The number of hydrogen-bond acceptors (Lipinski definition) is 2. The van der Waals surface area contributed by atoms with Gasteiger partial charge in [-0.1, -0.05) is 0 Å². The van der Waals surface area contributed by atoms with Gasteiger partial charge >= 0.3 is 6.55 Å². The highest BCUT2D eigenvalue weighted by Gasteiger charge is 2.16. The van der Waals surface area contributed by atoms with Crippen molar-refractivity contribution in [2.24, 2.45) is 0 Å². The van der Waals surface area contributed by atoms with E-state index < -0.39 is 18.3 Å². The van der Waals surface area contributed by atoms with E-state index in [1.165, 1.54) is 0 Å². The van der Waals surface area contributed by atoms with Crippen LogP contribution in [0.25, 0.3) is 0 Å². The van der Waals surface area contributed by atoms with Crippen molar-refractivity contribution in [3.8, 4) is 0 Å². The Labute approximate surface area is 128 Å². The van der Waals surface area contributed by atoms with Crippen LogP contribution < -0.4 is 5.32 Å². The van der Waals surface area contributed by atoms with Crippen molar-refractivity contribution >= 4 is 43.5 Å². The number of carbonyl (C=O) groups excluding carboxylic acids is 1. The standard InChI is InChI=1S/C11H6Br2F3N3O/c12-6-3-5(14)4-7(13)9(6)17-10(20)8-1-2-19(18-8)11(15)16/h1-4,11H,(H,17,20). The first-order valence-electron chi connectivity index (χ1n) is 5.17. The number of nitrogens with zero attached hydrogens (tertiary/aromatic N) is 2. The van der Waals surface area contributed by atoms with Crippen LogP contribution in [0.3, 0.4) is 0 Å². The third-order valence-electron chi connectivity index (χ3n) is 2.29. The molecule has 1 heterocycles. The van der Waals surface area contributed by atoms with Crippen LogP contribution in [0.4, 0.5) is 18.9 Å². The minimum atomic E-state index is -2.82. The Morgan fingerprint density at radius 3 is 2.40 bits per heavy atom. The van der Waals surface area contributed by atoms with Crippen molar-refractivity contribution in [1.29, 1.82) is 0 Å². The van der Waals surface area contributed by atoms with Gasteiger partial charge in [-0.15, -0.1) is 0 Å². The SMILES string of the molecule is O=C(Nc1c(Br)cc(F)cc1Br)c1ccn(C(F)F)n1. The summed E-state index contributed by atoms with van der Waals surface area (Å²) in [6.07, 6.45) is 0.994. The van der Waals surface area contributed by atoms with E-state index in [9.17, 15) is 18.0 Å². The number of alkyl halides is 2. The second-order valence-electron chi connectivity index (χ2n) is 3.66. The topological polar surface area (TPSA) is 46.9 Å². The first-order valence-corrected chi connectivity index (χ1v) is 6.76. The molecule has 9 heteroatoms. The third-order valence-corrected chi connectivity index (χ3v) is 3.54. The van der Waals surface area contributed by atoms with Crippen LogP contribution in [0.5, 0.6) is 0 Å². The molecule has 0 radical (unpaired) electrons. The predicted octanol–water partition coefficient (Wildman–Crippen LogP) is 4.19. The molecule has 1 N–H and O–H groups in total. The summed E-state index contributed by atoms with van der Waals surface area (Å²) in [7, 11) is 0. The molecule has 0 aliphatic carbocycles. The van der Waals surface area contributed by atoms with Crippen LogP contribution >= 0.6 is 31.9 Å². The number of aromatic nitrogens is 2. The largest absolute Gasteiger partial charge is 0.333 e. The summed E-state index contributed by atoms with van der Waals surface area (Å²) >= 11 is 6.19. The van der Waals surface area contributed by atoms with E-state index >= 15 is 0 Å². The number of carbonyl (C=O) groups is 1. The molecule has 2 aromatic rings. The second kappa shape index (κ2) is 5.96. The third kappa shape index (κ3) is 3.21. The average Bonchev–Trinajstić information content (AvgIpc) is 2.83. The van der Waals surface area contributed by atoms with Crippen molar-refractivity contribution in [3.05, 3.63) is 44.9 Å². The lowest BCUT2D eigenvalue weighted by Gasteiger charge is -2.08. The molecule has 0 spiro atoms. The van der Waals surface area contributed by atoms with Gasteiger partial charge in [-0.05, 0) is 50.1 Å². The summed E-state index contributed by atoms with van der Waals surface area (Å²) in [5.74, 6) is -1.18. The summed E-state index contributed by atoms with van der Waals surface area (Å²) < 4.78 is 38.8. The van der Waals surface area contributed by atoms with E-state index in [0.29, 0.717) is 13.6 Å². The van der Waals surface area contributed by atoms with Gasteiger partial charge in [-0.3, -0.25) is 4.79 Å². The minimum Gasteiger partial charge on any atom is -0.319 e. The number of amides is 1. The number of nitrogens with one attached hydrogen (secondary N) is 1. The summed E-state index contributed by atoms with van der Waals surface area (Å²) in [5, 5.41) is 5.89. The van der Waals surface area contributed by atoms with Crippen molar-refractivity contribution in [3.63, 3.8) is 0 Å². The van der Waals surface area contributed by atoms with Gasteiger partial charge in [0, 0.05) is 15.1 Å². The molecule has 0 unspecified atom stereocenters. The van der Waals surface area contributed by atoms with Gasteiger partial charge in [0.1, 0.15) is 5.82 Å². The quantitative estimate of drug-likeness (QED) is 0.821. The van der Waals surface area contributed by atoms with E-state index in [0.717, 1.165) is 24.4 Å². The molecule has 1 aromatic carbocycles. The van der Waals surface area contributed by atoms with Crippen LogP contribution in [-0.4, -0.2) is 15.7 Å². The number of benzene rings is 1. The van der Waals surface area contributed by atoms with Gasteiger partial charge < -0.3 is 5.32 Å². The van der Waals surface area contributed by atoms with Crippen molar-refractivity contribution in [2.45, 2.75) is 6.55 Å².